The normalized spacial score (nSPS) is 22.8. The van der Waals surface area contributed by atoms with Crippen LogP contribution in [-0.4, -0.2) is 64.6 Å². The van der Waals surface area contributed by atoms with Crippen molar-refractivity contribution in [1.29, 1.82) is 0 Å². The van der Waals surface area contributed by atoms with Crippen LogP contribution in [0, 0.1) is 17.7 Å². The second-order valence-electron chi connectivity index (χ2n) is 12.6. The van der Waals surface area contributed by atoms with Gasteiger partial charge in [0.25, 0.3) is 0 Å². The third kappa shape index (κ3) is 7.22. The summed E-state index contributed by atoms with van der Waals surface area (Å²) in [6.07, 6.45) is 8.92. The Labute approximate surface area is 244 Å². The smallest absolute Gasteiger partial charge is 0.321 e. The molecule has 2 fully saturated rings. The van der Waals surface area contributed by atoms with Crippen LogP contribution in [0.3, 0.4) is 0 Å². The van der Waals surface area contributed by atoms with Gasteiger partial charge in [-0.3, -0.25) is 14.7 Å². The van der Waals surface area contributed by atoms with Gasteiger partial charge < -0.3 is 10.0 Å². The molecular weight excluding hydrogens is 513 g/mol. The molecule has 218 valence electrons. The lowest BCUT2D eigenvalue weighted by molar-refractivity contribution is -0.145. The third-order valence-corrected chi connectivity index (χ3v) is 9.46. The summed E-state index contributed by atoms with van der Waals surface area (Å²) in [5.41, 5.74) is 4.94. The number of likely N-dealkylation sites (N-methyl/N-ethyl adjacent to an activating group) is 1. The van der Waals surface area contributed by atoms with Crippen LogP contribution in [0.5, 0.6) is 0 Å². The second-order valence-corrected chi connectivity index (χ2v) is 12.6. The van der Waals surface area contributed by atoms with E-state index in [2.05, 4.69) is 51.2 Å². The van der Waals surface area contributed by atoms with E-state index in [9.17, 15) is 14.3 Å². The number of likely N-dealkylation sites (tertiary alicyclic amines) is 1. The molecule has 41 heavy (non-hydrogen) atoms. The van der Waals surface area contributed by atoms with Crippen molar-refractivity contribution in [3.05, 3.63) is 101 Å². The van der Waals surface area contributed by atoms with Crippen LogP contribution < -0.4 is 0 Å². The summed E-state index contributed by atoms with van der Waals surface area (Å²) in [5, 5.41) is 9.93. The van der Waals surface area contributed by atoms with E-state index in [0.717, 1.165) is 57.3 Å². The molecule has 4 atom stereocenters. The van der Waals surface area contributed by atoms with Crippen LogP contribution in [0.1, 0.15) is 73.6 Å². The Hall–Kier alpha value is -3.09. The highest BCUT2D eigenvalue weighted by molar-refractivity contribution is 5.73. The van der Waals surface area contributed by atoms with Crippen LogP contribution in [0.25, 0.3) is 0 Å². The van der Waals surface area contributed by atoms with E-state index in [-0.39, 0.29) is 23.7 Å². The van der Waals surface area contributed by atoms with Crippen LogP contribution >= 0.6 is 0 Å². The monoisotopic (exact) mass is 557 g/mol. The highest BCUT2D eigenvalue weighted by atomic mass is 19.1. The fraction of sp³-hybridized carbons (Fsp3) is 0.486. The Kier molecular flexibility index (Phi) is 9.51. The molecule has 2 aromatic carbocycles. The number of carboxylic acid groups (broad SMARTS) is 1. The highest BCUT2D eigenvalue weighted by Gasteiger charge is 2.41. The minimum Gasteiger partial charge on any atom is -0.480 e. The lowest BCUT2D eigenvalue weighted by atomic mass is 9.86. The van der Waals surface area contributed by atoms with Crippen molar-refractivity contribution < 1.29 is 14.3 Å². The molecule has 1 saturated heterocycles. The molecule has 5 nitrogen and oxygen atoms in total. The molecule has 2 aliphatic rings. The van der Waals surface area contributed by atoms with Gasteiger partial charge in [0.1, 0.15) is 11.9 Å². The van der Waals surface area contributed by atoms with Gasteiger partial charge >= 0.3 is 5.97 Å². The molecule has 0 bridgehead atoms. The quantitative estimate of drug-likeness (QED) is 0.305. The Morgan fingerprint density at radius 1 is 1.00 bits per heavy atom. The van der Waals surface area contributed by atoms with E-state index in [4.69, 9.17) is 0 Å². The molecule has 1 N–H and O–H groups in total. The molecule has 1 aliphatic carbocycles. The van der Waals surface area contributed by atoms with Crippen molar-refractivity contribution in [1.82, 2.24) is 14.8 Å². The molecular formula is C35H44FN3O2. The summed E-state index contributed by atoms with van der Waals surface area (Å²) < 4.78 is 14.3. The van der Waals surface area contributed by atoms with Crippen molar-refractivity contribution in [2.24, 2.45) is 11.8 Å². The fourth-order valence-corrected chi connectivity index (χ4v) is 7.37. The summed E-state index contributed by atoms with van der Waals surface area (Å²) in [5.74, 6) is 0.141. The molecule has 5 rings (SSSR count). The summed E-state index contributed by atoms with van der Waals surface area (Å²) in [4.78, 5) is 21.3. The first-order chi connectivity index (χ1) is 19.8. The fourth-order valence-electron chi connectivity index (χ4n) is 7.37. The zero-order valence-corrected chi connectivity index (χ0v) is 24.6. The Morgan fingerprint density at radius 3 is 2.44 bits per heavy atom. The largest absolute Gasteiger partial charge is 0.480 e. The molecule has 0 radical (unpaired) electrons. The number of aliphatic carboxylic acids is 1. The summed E-state index contributed by atoms with van der Waals surface area (Å²) in [7, 11) is 1.96. The number of hydrogen-bond donors (Lipinski definition) is 1. The predicted molar refractivity (Wildman–Crippen MR) is 162 cm³/mol. The number of pyridine rings is 1. The lowest BCUT2D eigenvalue weighted by Crippen LogP contribution is -2.47. The van der Waals surface area contributed by atoms with Crippen molar-refractivity contribution in [3.63, 3.8) is 0 Å². The van der Waals surface area contributed by atoms with Gasteiger partial charge in [-0.2, -0.15) is 0 Å². The summed E-state index contributed by atoms with van der Waals surface area (Å²) in [6.45, 7) is 6.98. The number of rotatable bonds is 10. The summed E-state index contributed by atoms with van der Waals surface area (Å²) >= 11 is 0. The number of hydrogen-bond acceptors (Lipinski definition) is 4. The van der Waals surface area contributed by atoms with Crippen LogP contribution in [0.15, 0.2) is 73.1 Å². The molecule has 1 aliphatic heterocycles. The number of carbonyl (C=O) groups is 1. The lowest BCUT2D eigenvalue weighted by Gasteiger charge is -2.35. The number of nitrogens with zero attached hydrogens (tertiary/aromatic N) is 3. The van der Waals surface area contributed by atoms with E-state index in [1.54, 1.807) is 12.1 Å². The van der Waals surface area contributed by atoms with Gasteiger partial charge in [0.05, 0.1) is 0 Å². The first kappa shape index (κ1) is 29.4. The number of carboxylic acids is 1. The molecule has 1 saturated carbocycles. The predicted octanol–water partition coefficient (Wildman–Crippen LogP) is 6.59. The van der Waals surface area contributed by atoms with E-state index in [1.165, 1.54) is 22.8 Å². The second kappa shape index (κ2) is 13.3. The number of aromatic nitrogens is 1. The molecule has 3 unspecified atom stereocenters. The van der Waals surface area contributed by atoms with E-state index >= 15 is 0 Å². The number of piperidine rings is 1. The third-order valence-electron chi connectivity index (χ3n) is 9.46. The minimum absolute atomic E-state index is 0.0175. The average Bonchev–Trinajstić information content (AvgIpc) is 3.38. The maximum atomic E-state index is 14.3. The summed E-state index contributed by atoms with van der Waals surface area (Å²) in [6, 6.07) is 19.6. The molecule has 2 heterocycles. The van der Waals surface area contributed by atoms with Gasteiger partial charge in [0.2, 0.25) is 0 Å². The first-order valence-electron chi connectivity index (χ1n) is 15.2. The minimum atomic E-state index is -0.766. The van der Waals surface area contributed by atoms with Crippen molar-refractivity contribution >= 4 is 5.97 Å². The van der Waals surface area contributed by atoms with Crippen molar-refractivity contribution in [2.75, 3.05) is 26.7 Å². The van der Waals surface area contributed by atoms with Gasteiger partial charge in [0.15, 0.2) is 0 Å². The van der Waals surface area contributed by atoms with E-state index < -0.39 is 12.0 Å². The topological polar surface area (TPSA) is 56.7 Å². The standard InChI is InChI=1S/C35H44FN3O2/c1-24(2)34(35(40)41)38(3)32-19-30(33(20-32)28-10-7-11-31(36)18-28)23-39-14-12-27(13-15-39)29-17-26(21-37-22-29)16-25-8-5-4-6-9-25/h4-11,17-18,21-22,24,27,30,32-34H,12-16,19-20,23H2,1-3H3,(H,40,41)/t30?,32?,33?,34-/m1/s1. The molecule has 0 amide bonds. The average molecular weight is 558 g/mol. The molecule has 6 heteroatoms. The van der Waals surface area contributed by atoms with Crippen LogP contribution in [-0.2, 0) is 11.2 Å². The molecule has 0 spiro atoms. The van der Waals surface area contributed by atoms with Gasteiger partial charge in [0, 0.05) is 25.0 Å². The van der Waals surface area contributed by atoms with Crippen LogP contribution in [0.2, 0.25) is 0 Å². The Bertz CT molecular complexity index is 1290. The van der Waals surface area contributed by atoms with Gasteiger partial charge in [-0.1, -0.05) is 62.4 Å². The first-order valence-corrected chi connectivity index (χ1v) is 15.2. The highest BCUT2D eigenvalue weighted by Crippen LogP contribution is 2.43. The number of benzene rings is 2. The van der Waals surface area contributed by atoms with Gasteiger partial charge in [-0.05, 0) is 110 Å². The Morgan fingerprint density at radius 2 is 1.76 bits per heavy atom. The molecule has 1 aromatic heterocycles. The van der Waals surface area contributed by atoms with Crippen molar-refractivity contribution in [3.8, 4) is 0 Å². The number of halogens is 1. The van der Waals surface area contributed by atoms with Crippen molar-refractivity contribution in [2.45, 2.75) is 69.9 Å². The van der Waals surface area contributed by atoms with Gasteiger partial charge in [-0.15, -0.1) is 0 Å². The molecule has 3 aromatic rings. The SMILES string of the molecule is CC(C)[C@H](C(=O)O)N(C)C1CC(CN2CCC(c3cncc(Cc4ccccc4)c3)CC2)C(c2cccc(F)c2)C1. The van der Waals surface area contributed by atoms with E-state index in [1.807, 2.05) is 39.4 Å². The van der Waals surface area contributed by atoms with E-state index in [0.29, 0.717) is 11.8 Å². The van der Waals surface area contributed by atoms with Crippen LogP contribution in [0.4, 0.5) is 4.39 Å². The maximum absolute atomic E-state index is 14.3. The maximum Gasteiger partial charge on any atom is 0.321 e. The zero-order valence-electron chi connectivity index (χ0n) is 24.6. The van der Waals surface area contributed by atoms with Gasteiger partial charge in [-0.25, -0.2) is 4.39 Å². The Balaban J connectivity index is 1.24. The zero-order chi connectivity index (χ0) is 28.9.